The number of nitro groups is 1. The van der Waals surface area contributed by atoms with Gasteiger partial charge in [-0.05, 0) is 42.8 Å². The third-order valence-corrected chi connectivity index (χ3v) is 5.09. The predicted octanol–water partition coefficient (Wildman–Crippen LogP) is 4.80. The molecule has 8 nitrogen and oxygen atoms in total. The number of nitrogens with zero attached hydrogens (tertiary/aromatic N) is 2. The zero-order chi connectivity index (χ0) is 21.7. The number of hydrogen-bond acceptors (Lipinski definition) is 8. The number of aliphatic hydroxyl groups excluding tert-OH is 1. The molecule has 0 amide bonds. The molecule has 0 aliphatic carbocycles. The number of aliphatic hydroxyl groups is 1. The van der Waals surface area contributed by atoms with Crippen LogP contribution in [0.4, 0.5) is 11.4 Å². The Bertz CT molecular complexity index is 1060. The van der Waals surface area contributed by atoms with Crippen LogP contribution < -0.4 is 4.74 Å². The monoisotopic (exact) mass is 426 g/mol. The maximum Gasteiger partial charge on any atom is 0.344 e. The second kappa shape index (κ2) is 9.27. The fourth-order valence-electron chi connectivity index (χ4n) is 2.61. The summed E-state index contributed by atoms with van der Waals surface area (Å²) in [5, 5.41) is 21.7. The first kappa shape index (κ1) is 21.1. The van der Waals surface area contributed by atoms with Crippen LogP contribution in [-0.2, 0) is 9.53 Å². The van der Waals surface area contributed by atoms with Crippen LogP contribution in [-0.4, -0.2) is 34.8 Å². The minimum Gasteiger partial charge on any atom is -0.506 e. The molecule has 30 heavy (non-hydrogen) atoms. The first-order valence-corrected chi connectivity index (χ1v) is 9.72. The molecule has 0 saturated carbocycles. The molecule has 0 atom stereocenters. The van der Waals surface area contributed by atoms with Gasteiger partial charge >= 0.3 is 5.97 Å². The largest absolute Gasteiger partial charge is 0.506 e. The van der Waals surface area contributed by atoms with E-state index in [2.05, 4.69) is 4.99 Å². The van der Waals surface area contributed by atoms with Crippen molar-refractivity contribution in [1.82, 2.24) is 0 Å². The van der Waals surface area contributed by atoms with Crippen molar-refractivity contribution in [3.05, 3.63) is 80.4 Å². The standard InChI is InChI=1S/C21H18N2O6S/c1-3-29-21(25)18-19(24)17(12-13-4-10-16(28-2)11-5-13)30-20(18)22-14-6-8-15(9-7-14)23(26)27/h4-12,24H,3H2,1-2H3. The zero-order valence-electron chi connectivity index (χ0n) is 16.2. The second-order valence-corrected chi connectivity index (χ2v) is 7.05. The molecule has 0 unspecified atom stereocenters. The van der Waals surface area contributed by atoms with Crippen molar-refractivity contribution in [3.8, 4) is 5.75 Å². The van der Waals surface area contributed by atoms with Crippen molar-refractivity contribution < 1.29 is 24.3 Å². The average molecular weight is 426 g/mol. The highest BCUT2D eigenvalue weighted by Gasteiger charge is 2.33. The topological polar surface area (TPSA) is 111 Å². The Morgan fingerprint density at radius 2 is 1.87 bits per heavy atom. The summed E-state index contributed by atoms with van der Waals surface area (Å²) < 4.78 is 10.2. The van der Waals surface area contributed by atoms with Crippen molar-refractivity contribution in [2.45, 2.75) is 6.92 Å². The number of rotatable bonds is 6. The number of aliphatic imine (C=N–C) groups is 1. The van der Waals surface area contributed by atoms with E-state index in [1.807, 2.05) is 12.1 Å². The Hall–Kier alpha value is -3.59. The molecule has 0 fully saturated rings. The number of esters is 1. The quantitative estimate of drug-likeness (QED) is 0.401. The first-order valence-electron chi connectivity index (χ1n) is 8.90. The molecular formula is C21H18N2O6S. The van der Waals surface area contributed by atoms with Gasteiger partial charge in [0.2, 0.25) is 0 Å². The van der Waals surface area contributed by atoms with E-state index < -0.39 is 10.9 Å². The summed E-state index contributed by atoms with van der Waals surface area (Å²) in [7, 11) is 1.57. The van der Waals surface area contributed by atoms with Crippen LogP contribution >= 0.6 is 11.8 Å². The highest BCUT2D eigenvalue weighted by molar-refractivity contribution is 8.18. The molecular weight excluding hydrogens is 408 g/mol. The normalized spacial score (nSPS) is 16.2. The third kappa shape index (κ3) is 4.69. The van der Waals surface area contributed by atoms with Gasteiger partial charge in [-0.2, -0.15) is 0 Å². The maximum absolute atomic E-state index is 12.4. The van der Waals surface area contributed by atoms with Gasteiger partial charge in [-0.3, -0.25) is 10.1 Å². The van der Waals surface area contributed by atoms with E-state index in [4.69, 9.17) is 9.47 Å². The van der Waals surface area contributed by atoms with Gasteiger partial charge in [0.1, 0.15) is 22.1 Å². The van der Waals surface area contributed by atoms with E-state index in [0.29, 0.717) is 16.3 Å². The van der Waals surface area contributed by atoms with Gasteiger partial charge < -0.3 is 14.6 Å². The molecule has 1 N–H and O–H groups in total. The summed E-state index contributed by atoms with van der Waals surface area (Å²) >= 11 is 1.11. The van der Waals surface area contributed by atoms with E-state index in [1.165, 1.54) is 24.3 Å². The fourth-order valence-corrected chi connectivity index (χ4v) is 3.64. The van der Waals surface area contributed by atoms with Crippen LogP contribution in [0.2, 0.25) is 0 Å². The number of carbonyl (C=O) groups is 1. The van der Waals surface area contributed by atoms with E-state index in [-0.39, 0.29) is 28.7 Å². The van der Waals surface area contributed by atoms with Gasteiger partial charge in [0, 0.05) is 12.1 Å². The predicted molar refractivity (Wildman–Crippen MR) is 115 cm³/mol. The molecule has 3 rings (SSSR count). The van der Waals surface area contributed by atoms with Crippen LogP contribution in [0, 0.1) is 10.1 Å². The second-order valence-electron chi connectivity index (χ2n) is 6.02. The van der Waals surface area contributed by atoms with E-state index in [1.54, 1.807) is 32.2 Å². The molecule has 0 aromatic heterocycles. The number of methoxy groups -OCH3 is 1. The molecule has 1 aliphatic heterocycles. The molecule has 0 bridgehead atoms. The average Bonchev–Trinajstić information content (AvgIpc) is 3.04. The highest BCUT2D eigenvalue weighted by Crippen LogP contribution is 2.40. The van der Waals surface area contributed by atoms with Crippen LogP contribution in [0.5, 0.6) is 5.75 Å². The molecule has 0 saturated heterocycles. The highest BCUT2D eigenvalue weighted by atomic mass is 32.2. The molecule has 1 aliphatic rings. The van der Waals surface area contributed by atoms with Gasteiger partial charge in [0.25, 0.3) is 5.69 Å². The molecule has 0 radical (unpaired) electrons. The zero-order valence-corrected chi connectivity index (χ0v) is 17.0. The van der Waals surface area contributed by atoms with Gasteiger partial charge in [-0.1, -0.05) is 23.9 Å². The van der Waals surface area contributed by atoms with Crippen LogP contribution in [0.1, 0.15) is 12.5 Å². The van der Waals surface area contributed by atoms with Crippen molar-refractivity contribution in [2.24, 2.45) is 4.99 Å². The number of non-ortho nitro benzene ring substituents is 1. The van der Waals surface area contributed by atoms with Gasteiger partial charge in [-0.15, -0.1) is 0 Å². The van der Waals surface area contributed by atoms with Gasteiger partial charge in [-0.25, -0.2) is 9.79 Å². The Morgan fingerprint density at radius 1 is 1.20 bits per heavy atom. The first-order chi connectivity index (χ1) is 14.4. The number of benzene rings is 2. The van der Waals surface area contributed by atoms with Crippen molar-refractivity contribution in [2.75, 3.05) is 13.7 Å². The summed E-state index contributed by atoms with van der Waals surface area (Å²) in [6.07, 6.45) is 1.72. The van der Waals surface area contributed by atoms with Crippen molar-refractivity contribution in [1.29, 1.82) is 0 Å². The SMILES string of the molecule is CCOC(=O)C1=C(O)C(=Cc2ccc(OC)cc2)SC1=Nc1ccc([N+](=O)[O-])cc1. The molecule has 1 heterocycles. The minimum absolute atomic E-state index is 0.0417. The van der Waals surface area contributed by atoms with E-state index in [0.717, 1.165) is 17.3 Å². The lowest BCUT2D eigenvalue weighted by Gasteiger charge is -2.03. The summed E-state index contributed by atoms with van der Waals surface area (Å²) in [6, 6.07) is 12.8. The van der Waals surface area contributed by atoms with E-state index >= 15 is 0 Å². The summed E-state index contributed by atoms with van der Waals surface area (Å²) in [5.74, 6) is -0.222. The van der Waals surface area contributed by atoms with Crippen molar-refractivity contribution >= 4 is 40.2 Å². The number of thioether (sulfide) groups is 1. The smallest absolute Gasteiger partial charge is 0.344 e. The molecule has 9 heteroatoms. The molecule has 154 valence electrons. The lowest BCUT2D eigenvalue weighted by Crippen LogP contribution is -2.12. The number of hydrogen-bond donors (Lipinski definition) is 1. The minimum atomic E-state index is -0.693. The Kier molecular flexibility index (Phi) is 6.53. The molecule has 0 spiro atoms. The summed E-state index contributed by atoms with van der Waals surface area (Å²) in [4.78, 5) is 27.5. The Morgan fingerprint density at radius 3 is 2.43 bits per heavy atom. The van der Waals surface area contributed by atoms with Crippen molar-refractivity contribution in [3.63, 3.8) is 0 Å². The third-order valence-electron chi connectivity index (χ3n) is 4.07. The van der Waals surface area contributed by atoms with Crippen LogP contribution in [0.15, 0.2) is 69.8 Å². The van der Waals surface area contributed by atoms with Gasteiger partial charge in [0.15, 0.2) is 0 Å². The molecule has 2 aromatic carbocycles. The lowest BCUT2D eigenvalue weighted by atomic mass is 10.1. The van der Waals surface area contributed by atoms with E-state index in [9.17, 15) is 20.0 Å². The summed E-state index contributed by atoms with van der Waals surface area (Å²) in [5.41, 5.74) is 1.09. The Balaban J connectivity index is 1.98. The number of nitro benzene ring substituents is 1. The summed E-state index contributed by atoms with van der Waals surface area (Å²) in [6.45, 7) is 1.81. The number of ether oxygens (including phenoxy) is 2. The van der Waals surface area contributed by atoms with Crippen LogP contribution in [0.25, 0.3) is 6.08 Å². The Labute approximate surface area is 176 Å². The maximum atomic E-state index is 12.4. The lowest BCUT2D eigenvalue weighted by molar-refractivity contribution is -0.384. The van der Waals surface area contributed by atoms with Crippen LogP contribution in [0.3, 0.4) is 0 Å². The van der Waals surface area contributed by atoms with Gasteiger partial charge in [0.05, 0.1) is 29.2 Å². The fraction of sp³-hybridized carbons (Fsp3) is 0.143. The number of carbonyl (C=O) groups excluding carboxylic acids is 1. The molecule has 2 aromatic rings.